The van der Waals surface area contributed by atoms with Crippen LogP contribution in [0.3, 0.4) is 0 Å². The topological polar surface area (TPSA) is 82.2 Å². The van der Waals surface area contributed by atoms with Crippen LogP contribution in [0.15, 0.2) is 30.5 Å². The Morgan fingerprint density at radius 2 is 2.25 bits per heavy atom. The van der Waals surface area contributed by atoms with Gasteiger partial charge in [0.05, 0.1) is 24.7 Å². The summed E-state index contributed by atoms with van der Waals surface area (Å²) in [5.74, 6) is 0.387. The molecule has 0 saturated carbocycles. The molecule has 0 bridgehead atoms. The van der Waals surface area contributed by atoms with Crippen molar-refractivity contribution in [3.05, 3.63) is 41.7 Å². The summed E-state index contributed by atoms with van der Waals surface area (Å²) in [6, 6.07) is 6.39. The molecule has 1 atom stereocenters. The predicted octanol–water partition coefficient (Wildman–Crippen LogP) is 1.38. The number of nitrogens with two attached hydrogens (primary N) is 1. The molecule has 2 rings (SSSR count). The highest BCUT2D eigenvalue weighted by Crippen LogP contribution is 2.20. The van der Waals surface area contributed by atoms with Crippen molar-refractivity contribution in [1.29, 1.82) is 0 Å². The molecule has 3 N–H and O–H groups in total. The lowest BCUT2D eigenvalue weighted by atomic mass is 10.1. The molecule has 0 spiro atoms. The van der Waals surface area contributed by atoms with Crippen LogP contribution in [0.5, 0.6) is 5.75 Å². The van der Waals surface area contributed by atoms with E-state index in [2.05, 4.69) is 10.4 Å². The largest absolute Gasteiger partial charge is 0.497 e. The highest BCUT2D eigenvalue weighted by molar-refractivity contribution is 5.95. The molecule has 0 fully saturated rings. The summed E-state index contributed by atoms with van der Waals surface area (Å²) in [7, 11) is 3.39. The summed E-state index contributed by atoms with van der Waals surface area (Å²) >= 11 is 0. The van der Waals surface area contributed by atoms with Gasteiger partial charge in [-0.1, -0.05) is 12.1 Å². The van der Waals surface area contributed by atoms with Crippen molar-refractivity contribution in [3.8, 4) is 5.75 Å². The molecular weight excluding hydrogens is 256 g/mol. The van der Waals surface area contributed by atoms with Crippen LogP contribution in [0.25, 0.3) is 0 Å². The van der Waals surface area contributed by atoms with Crippen LogP contribution in [0, 0.1) is 6.92 Å². The Morgan fingerprint density at radius 1 is 1.50 bits per heavy atom. The Kier molecular flexibility index (Phi) is 4.05. The first-order valence-corrected chi connectivity index (χ1v) is 6.22. The molecule has 20 heavy (non-hydrogen) atoms. The number of benzene rings is 1. The number of rotatable bonds is 4. The molecule has 0 saturated heterocycles. The summed E-state index contributed by atoms with van der Waals surface area (Å²) in [4.78, 5) is 12.2. The van der Waals surface area contributed by atoms with E-state index in [9.17, 15) is 4.79 Å². The van der Waals surface area contributed by atoms with E-state index in [-0.39, 0.29) is 5.91 Å². The average Bonchev–Trinajstić information content (AvgIpc) is 2.78. The van der Waals surface area contributed by atoms with Gasteiger partial charge in [0.1, 0.15) is 11.8 Å². The zero-order valence-corrected chi connectivity index (χ0v) is 11.8. The first-order valence-electron chi connectivity index (χ1n) is 6.22. The van der Waals surface area contributed by atoms with E-state index >= 15 is 0 Å². The highest BCUT2D eigenvalue weighted by atomic mass is 16.5. The Hall–Kier alpha value is -2.34. The first kappa shape index (κ1) is 14.1. The molecule has 2 aromatic rings. The van der Waals surface area contributed by atoms with Crippen LogP contribution in [0.1, 0.15) is 17.3 Å². The minimum atomic E-state index is -0.760. The Morgan fingerprint density at radius 3 is 2.85 bits per heavy atom. The number of carbonyl (C=O) groups excluding carboxylic acids is 1. The third kappa shape index (κ3) is 2.80. The van der Waals surface area contributed by atoms with E-state index in [0.717, 1.165) is 5.69 Å². The van der Waals surface area contributed by atoms with Gasteiger partial charge in [-0.25, -0.2) is 0 Å². The molecule has 1 heterocycles. The van der Waals surface area contributed by atoms with Crippen molar-refractivity contribution in [3.63, 3.8) is 0 Å². The fourth-order valence-corrected chi connectivity index (χ4v) is 1.82. The van der Waals surface area contributed by atoms with Gasteiger partial charge >= 0.3 is 0 Å². The minimum absolute atomic E-state index is 0.283. The number of nitrogens with one attached hydrogen (secondary N) is 1. The van der Waals surface area contributed by atoms with E-state index in [1.165, 1.54) is 0 Å². The van der Waals surface area contributed by atoms with Gasteiger partial charge in [0.25, 0.3) is 0 Å². The van der Waals surface area contributed by atoms with Gasteiger partial charge in [-0.05, 0) is 24.6 Å². The number of nitrogens with zero attached hydrogens (tertiary/aromatic N) is 2. The van der Waals surface area contributed by atoms with Gasteiger partial charge in [-0.2, -0.15) is 5.10 Å². The number of aromatic nitrogens is 2. The molecule has 1 aromatic heterocycles. The monoisotopic (exact) mass is 274 g/mol. The van der Waals surface area contributed by atoms with Crippen molar-refractivity contribution in [2.45, 2.75) is 13.0 Å². The van der Waals surface area contributed by atoms with E-state index in [1.54, 1.807) is 42.3 Å². The van der Waals surface area contributed by atoms with Gasteiger partial charge < -0.3 is 15.8 Å². The fraction of sp³-hybridized carbons (Fsp3) is 0.286. The Bertz CT molecular complexity index is 621. The van der Waals surface area contributed by atoms with Gasteiger partial charge in [-0.15, -0.1) is 0 Å². The molecule has 0 aliphatic heterocycles. The third-order valence-electron chi connectivity index (χ3n) is 3.23. The molecular formula is C14H18N4O2. The van der Waals surface area contributed by atoms with E-state index in [0.29, 0.717) is 17.0 Å². The van der Waals surface area contributed by atoms with Crippen molar-refractivity contribution in [2.75, 3.05) is 12.4 Å². The maximum Gasteiger partial charge on any atom is 0.245 e. The number of anilines is 1. The van der Waals surface area contributed by atoms with Gasteiger partial charge in [0, 0.05) is 7.05 Å². The number of aryl methyl sites for hydroxylation is 1. The number of methoxy groups -OCH3 is 1. The molecule has 1 unspecified atom stereocenters. The lowest BCUT2D eigenvalue weighted by molar-refractivity contribution is -0.117. The summed E-state index contributed by atoms with van der Waals surface area (Å²) in [6.07, 6.45) is 1.60. The number of ether oxygens (including phenoxy) is 1. The second-order valence-corrected chi connectivity index (χ2v) is 4.51. The lowest BCUT2D eigenvalue weighted by Gasteiger charge is -2.13. The van der Waals surface area contributed by atoms with Gasteiger partial charge in [-0.3, -0.25) is 9.48 Å². The zero-order chi connectivity index (χ0) is 14.7. The summed E-state index contributed by atoms with van der Waals surface area (Å²) in [5.41, 5.74) is 8.20. The average molecular weight is 274 g/mol. The first-order chi connectivity index (χ1) is 9.52. The second-order valence-electron chi connectivity index (χ2n) is 4.51. The smallest absolute Gasteiger partial charge is 0.245 e. The van der Waals surface area contributed by atoms with Crippen LogP contribution in [-0.2, 0) is 11.8 Å². The quantitative estimate of drug-likeness (QED) is 0.882. The maximum atomic E-state index is 12.2. The molecule has 106 valence electrons. The Labute approximate surface area is 117 Å². The van der Waals surface area contributed by atoms with Crippen LogP contribution in [-0.4, -0.2) is 22.8 Å². The number of amides is 1. The van der Waals surface area contributed by atoms with E-state index in [1.807, 2.05) is 14.0 Å². The zero-order valence-electron chi connectivity index (χ0n) is 11.8. The summed E-state index contributed by atoms with van der Waals surface area (Å²) in [6.45, 7) is 1.87. The number of hydrogen-bond donors (Lipinski definition) is 2. The van der Waals surface area contributed by atoms with Crippen molar-refractivity contribution in [2.24, 2.45) is 12.8 Å². The fourth-order valence-electron chi connectivity index (χ4n) is 1.82. The molecule has 0 aliphatic carbocycles. The van der Waals surface area contributed by atoms with Crippen molar-refractivity contribution < 1.29 is 9.53 Å². The van der Waals surface area contributed by atoms with Crippen LogP contribution < -0.4 is 15.8 Å². The van der Waals surface area contributed by atoms with Crippen LogP contribution in [0.2, 0.25) is 0 Å². The van der Waals surface area contributed by atoms with Crippen molar-refractivity contribution >= 4 is 11.6 Å². The second kappa shape index (κ2) is 5.75. The predicted molar refractivity (Wildman–Crippen MR) is 76.5 cm³/mol. The van der Waals surface area contributed by atoms with Crippen molar-refractivity contribution in [1.82, 2.24) is 9.78 Å². The van der Waals surface area contributed by atoms with Crippen LogP contribution in [0.4, 0.5) is 5.69 Å². The minimum Gasteiger partial charge on any atom is -0.497 e. The molecule has 6 nitrogen and oxygen atoms in total. The highest BCUT2D eigenvalue weighted by Gasteiger charge is 2.18. The Balaban J connectivity index is 2.14. The van der Waals surface area contributed by atoms with Crippen LogP contribution >= 0.6 is 0 Å². The molecule has 0 radical (unpaired) electrons. The summed E-state index contributed by atoms with van der Waals surface area (Å²) in [5, 5.41) is 6.85. The van der Waals surface area contributed by atoms with Gasteiger partial charge in [0.2, 0.25) is 5.91 Å². The normalized spacial score (nSPS) is 12.0. The molecule has 6 heteroatoms. The molecule has 1 aromatic carbocycles. The standard InChI is InChI=1S/C14H18N4O2/c1-9-12(8-16-18(9)2)17-14(19)13(15)10-5-4-6-11(7-10)20-3/h4-8,13H,15H2,1-3H3,(H,17,19). The maximum absolute atomic E-state index is 12.2. The van der Waals surface area contributed by atoms with E-state index < -0.39 is 6.04 Å². The third-order valence-corrected chi connectivity index (χ3v) is 3.23. The van der Waals surface area contributed by atoms with E-state index in [4.69, 9.17) is 10.5 Å². The molecule has 0 aliphatic rings. The number of hydrogen-bond acceptors (Lipinski definition) is 4. The lowest BCUT2D eigenvalue weighted by Crippen LogP contribution is -2.27. The molecule has 1 amide bonds. The SMILES string of the molecule is COc1cccc(C(N)C(=O)Nc2cnn(C)c2C)c1. The summed E-state index contributed by atoms with van der Waals surface area (Å²) < 4.78 is 6.81. The van der Waals surface area contributed by atoms with Gasteiger partial charge in [0.15, 0.2) is 0 Å². The number of carbonyl (C=O) groups is 1.